The molecule has 176 valence electrons. The molecule has 1 aliphatic carbocycles. The second-order valence-corrected chi connectivity index (χ2v) is 9.15. The van der Waals surface area contributed by atoms with Crippen LogP contribution in [0, 0.1) is 30.4 Å². The van der Waals surface area contributed by atoms with Gasteiger partial charge in [0.05, 0.1) is 13.2 Å². The summed E-state index contributed by atoms with van der Waals surface area (Å²) in [5, 5.41) is 0. The lowest BCUT2D eigenvalue weighted by molar-refractivity contribution is -0.112. The normalized spacial score (nSPS) is 25.3. The fourth-order valence-corrected chi connectivity index (χ4v) is 4.22. The first-order valence-electron chi connectivity index (χ1n) is 11.0. The lowest BCUT2D eigenvalue weighted by Gasteiger charge is -2.45. The van der Waals surface area contributed by atoms with E-state index in [4.69, 9.17) is 18.9 Å². The zero-order valence-corrected chi connectivity index (χ0v) is 18.4. The predicted octanol–water partition coefficient (Wildman–Crippen LogP) is 3.87. The molecule has 8 nitrogen and oxygen atoms in total. The molecule has 2 atom stereocenters. The predicted molar refractivity (Wildman–Crippen MR) is 111 cm³/mol. The van der Waals surface area contributed by atoms with Gasteiger partial charge in [0.15, 0.2) is 11.6 Å². The van der Waals surface area contributed by atoms with Gasteiger partial charge in [0.1, 0.15) is 18.0 Å². The highest BCUT2D eigenvalue weighted by Crippen LogP contribution is 2.40. The number of likely N-dealkylation sites (tertiary alicyclic amines) is 1. The van der Waals surface area contributed by atoms with Crippen molar-refractivity contribution in [3.8, 4) is 17.5 Å². The van der Waals surface area contributed by atoms with Crippen LogP contribution in [-0.2, 0) is 9.47 Å². The van der Waals surface area contributed by atoms with E-state index in [1.54, 1.807) is 24.0 Å². The maximum atomic E-state index is 15.1. The molecule has 1 amide bonds. The number of rotatable bonds is 5. The Hall–Kier alpha value is -3.01. The number of aryl methyl sites for hydroxylation is 1. The number of piperidine rings is 1. The van der Waals surface area contributed by atoms with Gasteiger partial charge in [-0.25, -0.2) is 9.18 Å². The molecular formula is C23H25F2N3O5. The Morgan fingerprint density at radius 2 is 1.82 bits per heavy atom. The topological polar surface area (TPSA) is 83.0 Å². The zero-order valence-electron chi connectivity index (χ0n) is 18.4. The van der Waals surface area contributed by atoms with Gasteiger partial charge in [0, 0.05) is 24.9 Å². The summed E-state index contributed by atoms with van der Waals surface area (Å²) in [6.45, 7) is 4.99. The number of benzene rings is 1. The quantitative estimate of drug-likeness (QED) is 0.669. The first kappa shape index (κ1) is 21.8. The first-order chi connectivity index (χ1) is 15.8. The Morgan fingerprint density at radius 1 is 1.12 bits per heavy atom. The van der Waals surface area contributed by atoms with Crippen LogP contribution >= 0.6 is 0 Å². The van der Waals surface area contributed by atoms with E-state index in [1.807, 2.05) is 6.92 Å². The average Bonchev–Trinajstić information content (AvgIpc) is 3.50. The van der Waals surface area contributed by atoms with Crippen molar-refractivity contribution in [3.63, 3.8) is 0 Å². The molecule has 3 fully saturated rings. The Labute approximate surface area is 189 Å². The van der Waals surface area contributed by atoms with Crippen molar-refractivity contribution in [1.29, 1.82) is 0 Å². The van der Waals surface area contributed by atoms with Crippen LogP contribution in [0.2, 0.25) is 0 Å². The highest BCUT2D eigenvalue weighted by atomic mass is 19.1. The van der Waals surface area contributed by atoms with Crippen molar-refractivity contribution in [3.05, 3.63) is 41.7 Å². The summed E-state index contributed by atoms with van der Waals surface area (Å²) in [7, 11) is 0. The van der Waals surface area contributed by atoms with E-state index in [0.717, 1.165) is 19.2 Å². The monoisotopic (exact) mass is 461 g/mol. The average molecular weight is 461 g/mol. The summed E-state index contributed by atoms with van der Waals surface area (Å²) in [4.78, 5) is 22.0. The minimum Gasteiger partial charge on any atom is -0.471 e. The Morgan fingerprint density at radius 3 is 2.52 bits per heavy atom. The fraction of sp³-hybridized carbons (Fsp3) is 0.522. The van der Waals surface area contributed by atoms with Crippen molar-refractivity contribution in [2.75, 3.05) is 26.3 Å². The van der Waals surface area contributed by atoms with Gasteiger partial charge in [-0.15, -0.1) is 0 Å². The second kappa shape index (κ2) is 8.40. The molecule has 0 N–H and O–H groups in total. The number of carbonyl (C=O) groups excluding carboxylic acids is 1. The highest BCUT2D eigenvalue weighted by Gasteiger charge is 2.47. The summed E-state index contributed by atoms with van der Waals surface area (Å²) in [6, 6.07) is 4.58. The molecule has 2 unspecified atom stereocenters. The maximum absolute atomic E-state index is 15.1. The van der Waals surface area contributed by atoms with Crippen LogP contribution in [0.15, 0.2) is 24.5 Å². The maximum Gasteiger partial charge on any atom is 0.410 e. The lowest BCUT2D eigenvalue weighted by Crippen LogP contribution is -2.59. The molecule has 1 aromatic heterocycles. The molecule has 10 heteroatoms. The van der Waals surface area contributed by atoms with Crippen LogP contribution in [0.3, 0.4) is 0 Å². The molecule has 2 bridgehead atoms. The molecule has 0 spiro atoms. The van der Waals surface area contributed by atoms with Gasteiger partial charge >= 0.3 is 6.09 Å². The lowest BCUT2D eigenvalue weighted by atomic mass is 9.84. The summed E-state index contributed by atoms with van der Waals surface area (Å²) < 4.78 is 52.0. The van der Waals surface area contributed by atoms with Gasteiger partial charge < -0.3 is 23.8 Å². The largest absolute Gasteiger partial charge is 0.471 e. The van der Waals surface area contributed by atoms with E-state index < -0.39 is 23.6 Å². The summed E-state index contributed by atoms with van der Waals surface area (Å²) in [5.41, 5.74) is 0.0139. The van der Waals surface area contributed by atoms with Crippen molar-refractivity contribution in [1.82, 2.24) is 14.9 Å². The van der Waals surface area contributed by atoms with Crippen molar-refractivity contribution < 1.29 is 32.5 Å². The third-order valence-corrected chi connectivity index (χ3v) is 6.39. The van der Waals surface area contributed by atoms with Crippen LogP contribution in [0.5, 0.6) is 17.5 Å². The SMILES string of the molecule is Cc1cccc(Oc2ncnc(OC3C4COCC3CN(C(=O)OC3(C)CC3)C4)c2F)c1F. The minimum atomic E-state index is -0.916. The van der Waals surface area contributed by atoms with E-state index in [0.29, 0.717) is 31.9 Å². The van der Waals surface area contributed by atoms with E-state index in [2.05, 4.69) is 9.97 Å². The summed E-state index contributed by atoms with van der Waals surface area (Å²) in [5.74, 6) is -2.71. The van der Waals surface area contributed by atoms with Crippen molar-refractivity contribution >= 4 is 6.09 Å². The van der Waals surface area contributed by atoms with Gasteiger partial charge in [-0.1, -0.05) is 12.1 Å². The standard InChI is InChI=1S/C23H25F2N3O5/c1-13-4-3-5-16(17(13)24)31-20-18(25)21(27-12-26-20)32-19-14-8-28(9-15(19)11-30-10-14)22(29)33-23(2)6-7-23/h3-5,12,14-15,19H,6-11H2,1-2H3. The third kappa shape index (κ3) is 4.44. The van der Waals surface area contributed by atoms with Gasteiger partial charge in [0.2, 0.25) is 5.82 Å². The van der Waals surface area contributed by atoms with E-state index in [1.165, 1.54) is 6.07 Å². The molecule has 1 aromatic carbocycles. The number of carbonyl (C=O) groups is 1. The smallest absolute Gasteiger partial charge is 0.410 e. The molecule has 3 heterocycles. The number of hydrogen-bond acceptors (Lipinski definition) is 7. The van der Waals surface area contributed by atoms with Crippen LogP contribution in [0.1, 0.15) is 25.3 Å². The fourth-order valence-electron chi connectivity index (χ4n) is 4.22. The zero-order chi connectivity index (χ0) is 23.2. The van der Waals surface area contributed by atoms with E-state index in [9.17, 15) is 9.18 Å². The summed E-state index contributed by atoms with van der Waals surface area (Å²) >= 11 is 0. The molecule has 2 aliphatic heterocycles. The van der Waals surface area contributed by atoms with Gasteiger partial charge in [-0.05, 0) is 38.3 Å². The minimum absolute atomic E-state index is 0.139. The van der Waals surface area contributed by atoms with Gasteiger partial charge in [-0.2, -0.15) is 14.4 Å². The molecule has 5 rings (SSSR count). The van der Waals surface area contributed by atoms with Crippen LogP contribution in [-0.4, -0.2) is 59.0 Å². The van der Waals surface area contributed by atoms with Gasteiger partial charge in [-0.3, -0.25) is 0 Å². The summed E-state index contributed by atoms with van der Waals surface area (Å²) in [6.07, 6.45) is 2.11. The molecule has 1 saturated carbocycles. The molecule has 2 aromatic rings. The molecular weight excluding hydrogens is 436 g/mol. The number of ether oxygens (including phenoxy) is 4. The number of amides is 1. The first-order valence-corrected chi connectivity index (χ1v) is 11.0. The van der Waals surface area contributed by atoms with E-state index >= 15 is 4.39 Å². The third-order valence-electron chi connectivity index (χ3n) is 6.39. The molecule has 0 radical (unpaired) electrons. The number of fused-ring (bicyclic) bond motifs is 2. The van der Waals surface area contributed by atoms with Crippen LogP contribution in [0.25, 0.3) is 0 Å². The number of nitrogens with zero attached hydrogens (tertiary/aromatic N) is 3. The molecule has 33 heavy (non-hydrogen) atoms. The second-order valence-electron chi connectivity index (χ2n) is 9.15. The number of aromatic nitrogens is 2. The van der Waals surface area contributed by atoms with Crippen molar-refractivity contribution in [2.24, 2.45) is 11.8 Å². The van der Waals surface area contributed by atoms with Crippen LogP contribution < -0.4 is 9.47 Å². The van der Waals surface area contributed by atoms with Crippen molar-refractivity contribution in [2.45, 2.75) is 38.4 Å². The highest BCUT2D eigenvalue weighted by molar-refractivity contribution is 5.68. The van der Waals surface area contributed by atoms with E-state index in [-0.39, 0.29) is 35.2 Å². The molecule has 2 saturated heterocycles. The Kier molecular flexibility index (Phi) is 5.55. The number of halogens is 2. The number of hydrogen-bond donors (Lipinski definition) is 0. The Balaban J connectivity index is 1.30. The Bertz CT molecular complexity index is 1050. The van der Waals surface area contributed by atoms with Gasteiger partial charge in [0.25, 0.3) is 11.8 Å². The van der Waals surface area contributed by atoms with Crippen LogP contribution in [0.4, 0.5) is 13.6 Å². The molecule has 3 aliphatic rings.